The number of nitrogens with zero attached hydrogens (tertiary/aromatic N) is 1. The molecule has 3 aliphatic rings. The normalized spacial score (nSPS) is 25.3. The summed E-state index contributed by atoms with van der Waals surface area (Å²) in [5.74, 6) is -6.05. The number of rotatable bonds is 7. The van der Waals surface area contributed by atoms with Crippen LogP contribution in [0.5, 0.6) is 5.75 Å². The molecule has 10 heteroatoms. The molecule has 0 aromatic heterocycles. The van der Waals surface area contributed by atoms with Crippen LogP contribution in [-0.2, 0) is 32.0 Å². The van der Waals surface area contributed by atoms with E-state index in [0.717, 1.165) is 18.1 Å². The molecule has 0 saturated heterocycles. The summed E-state index contributed by atoms with van der Waals surface area (Å²) in [6.07, 6.45) is 0.447. The van der Waals surface area contributed by atoms with Crippen LogP contribution in [0.1, 0.15) is 34.8 Å². The summed E-state index contributed by atoms with van der Waals surface area (Å²) in [5, 5.41) is 45.0. The largest absolute Gasteiger partial charge is 0.510 e. The maximum absolute atomic E-state index is 13.9. The van der Waals surface area contributed by atoms with E-state index in [0.29, 0.717) is 11.1 Å². The van der Waals surface area contributed by atoms with Crippen LogP contribution in [0.2, 0.25) is 0 Å². The van der Waals surface area contributed by atoms with E-state index in [-0.39, 0.29) is 48.5 Å². The lowest BCUT2D eigenvalue weighted by molar-refractivity contribution is -0.148. The first-order valence-corrected chi connectivity index (χ1v) is 13.6. The van der Waals surface area contributed by atoms with Crippen molar-refractivity contribution in [1.29, 1.82) is 0 Å². The minimum absolute atomic E-state index is 0.0133. The third-order valence-corrected chi connectivity index (χ3v) is 8.68. The zero-order valence-corrected chi connectivity index (χ0v) is 23.8. The predicted molar refractivity (Wildman–Crippen MR) is 151 cm³/mol. The van der Waals surface area contributed by atoms with Gasteiger partial charge in [0.25, 0.3) is 0 Å². The number of phenolic OH excluding ortho intramolecular Hbond substituents is 1. The smallest absolute Gasteiger partial charge is 0.209 e. The molecule has 0 aliphatic heterocycles. The molecule has 4 atom stereocenters. The van der Waals surface area contributed by atoms with Crippen LogP contribution >= 0.6 is 0 Å². The second-order valence-corrected chi connectivity index (χ2v) is 11.5. The van der Waals surface area contributed by atoms with Crippen LogP contribution < -0.4 is 0 Å². The van der Waals surface area contributed by atoms with Crippen LogP contribution in [0.3, 0.4) is 0 Å². The van der Waals surface area contributed by atoms with E-state index in [4.69, 9.17) is 4.74 Å². The number of phenols is 1. The number of ketones is 4. The summed E-state index contributed by atoms with van der Waals surface area (Å²) < 4.78 is 4.89. The number of aromatic hydroxyl groups is 1. The Morgan fingerprint density at radius 2 is 1.71 bits per heavy atom. The van der Waals surface area contributed by atoms with E-state index < -0.39 is 57.9 Å². The van der Waals surface area contributed by atoms with Gasteiger partial charge in [0.05, 0.1) is 11.6 Å². The monoisotopic (exact) mass is 575 g/mol. The molecule has 42 heavy (non-hydrogen) atoms. The highest BCUT2D eigenvalue weighted by Crippen LogP contribution is 2.53. The van der Waals surface area contributed by atoms with Crippen molar-refractivity contribution in [2.75, 3.05) is 27.8 Å². The van der Waals surface area contributed by atoms with Crippen molar-refractivity contribution >= 4 is 23.1 Å². The Morgan fingerprint density at radius 1 is 1.05 bits per heavy atom. The lowest BCUT2D eigenvalue weighted by atomic mass is 9.58. The van der Waals surface area contributed by atoms with Gasteiger partial charge in [0, 0.05) is 25.0 Å². The summed E-state index contributed by atoms with van der Waals surface area (Å²) in [6, 6.07) is 9.35. The molecular weight excluding hydrogens is 542 g/mol. The number of carbonyl (C=O) groups is 4. The van der Waals surface area contributed by atoms with Crippen molar-refractivity contribution in [3.8, 4) is 16.9 Å². The number of allylic oxidation sites excluding steroid dienone is 1. The summed E-state index contributed by atoms with van der Waals surface area (Å²) in [7, 11) is 4.70. The minimum atomic E-state index is -2.61. The van der Waals surface area contributed by atoms with Gasteiger partial charge in [-0.3, -0.25) is 24.1 Å². The van der Waals surface area contributed by atoms with Crippen LogP contribution in [0.15, 0.2) is 59.1 Å². The van der Waals surface area contributed by atoms with Gasteiger partial charge in [0.2, 0.25) is 5.78 Å². The highest BCUT2D eigenvalue weighted by molar-refractivity contribution is 6.25. The highest BCUT2D eigenvalue weighted by atomic mass is 16.5. The molecule has 5 rings (SSSR count). The number of aliphatic hydroxyl groups excluding tert-OH is 2. The molecule has 0 heterocycles. The molecule has 3 aliphatic carbocycles. The van der Waals surface area contributed by atoms with Crippen LogP contribution in [0.4, 0.5) is 0 Å². The third-order valence-electron chi connectivity index (χ3n) is 8.68. The summed E-state index contributed by atoms with van der Waals surface area (Å²) in [4.78, 5) is 53.3. The van der Waals surface area contributed by atoms with Gasteiger partial charge in [0.1, 0.15) is 29.4 Å². The van der Waals surface area contributed by atoms with E-state index >= 15 is 0 Å². The molecule has 0 radical (unpaired) electrons. The van der Waals surface area contributed by atoms with Crippen molar-refractivity contribution in [3.63, 3.8) is 0 Å². The Balaban J connectivity index is 1.61. The number of fused-ring (bicyclic) bond motifs is 3. The van der Waals surface area contributed by atoms with Gasteiger partial charge >= 0.3 is 0 Å². The zero-order chi connectivity index (χ0) is 30.7. The van der Waals surface area contributed by atoms with Crippen LogP contribution in [0, 0.1) is 11.8 Å². The average Bonchev–Trinajstić information content (AvgIpc) is 2.91. The van der Waals surface area contributed by atoms with Crippen molar-refractivity contribution in [2.24, 2.45) is 11.8 Å². The molecule has 0 bridgehead atoms. The number of carbonyl (C=O) groups excluding carboxylic acids is 4. The molecule has 0 spiro atoms. The van der Waals surface area contributed by atoms with Crippen LogP contribution in [0.25, 0.3) is 11.1 Å². The van der Waals surface area contributed by atoms with E-state index in [1.807, 2.05) is 24.3 Å². The van der Waals surface area contributed by atoms with Crippen molar-refractivity contribution in [3.05, 3.63) is 75.8 Å². The second-order valence-electron chi connectivity index (χ2n) is 11.5. The molecule has 0 fully saturated rings. The third kappa shape index (κ3) is 4.38. The molecule has 0 amide bonds. The summed E-state index contributed by atoms with van der Waals surface area (Å²) in [5.41, 5.74) is -0.680. The second kappa shape index (κ2) is 10.6. The molecule has 0 saturated carbocycles. The molecule has 220 valence electrons. The first kappa shape index (κ1) is 29.4. The van der Waals surface area contributed by atoms with Gasteiger partial charge < -0.3 is 25.2 Å². The number of benzene rings is 2. The average molecular weight is 576 g/mol. The number of ether oxygens (including phenoxy) is 1. The van der Waals surface area contributed by atoms with Crippen LogP contribution in [-0.4, -0.2) is 87.9 Å². The van der Waals surface area contributed by atoms with Gasteiger partial charge in [-0.2, -0.15) is 0 Å². The summed E-state index contributed by atoms with van der Waals surface area (Å²) >= 11 is 0. The first-order chi connectivity index (χ1) is 19.8. The maximum Gasteiger partial charge on any atom is 0.209 e. The SMILES string of the molecule is COCC(=O)Cc1ccc(-c2ccc(O)c3c2CC2CC4C(N(C)C)C(O)=C(C(C)=O)C(=O)C4(O)C(O)=C2C3=O)cc1. The fourth-order valence-electron chi connectivity index (χ4n) is 6.87. The molecule has 4 unspecified atom stereocenters. The molecular formula is C32H33NO9. The Bertz CT molecular complexity index is 1580. The van der Waals surface area contributed by atoms with Crippen molar-refractivity contribution in [2.45, 2.75) is 37.8 Å². The number of Topliss-reactive ketones (excluding diaryl/α,β-unsaturated/α-hetero) is 4. The van der Waals surface area contributed by atoms with Gasteiger partial charge in [-0.25, -0.2) is 0 Å². The number of methoxy groups -OCH3 is 1. The molecule has 2 aromatic rings. The fourth-order valence-corrected chi connectivity index (χ4v) is 6.87. The highest BCUT2D eigenvalue weighted by Gasteiger charge is 2.63. The molecule has 10 nitrogen and oxygen atoms in total. The number of aliphatic hydroxyl groups is 3. The number of hydrogen-bond donors (Lipinski definition) is 4. The minimum Gasteiger partial charge on any atom is -0.510 e. The Hall–Kier alpha value is -4.12. The van der Waals surface area contributed by atoms with Crippen molar-refractivity contribution in [1.82, 2.24) is 4.90 Å². The van der Waals surface area contributed by atoms with Gasteiger partial charge in [-0.1, -0.05) is 30.3 Å². The Labute approximate surface area is 242 Å². The topological polar surface area (TPSA) is 162 Å². The predicted octanol–water partition coefficient (Wildman–Crippen LogP) is 2.65. The maximum atomic E-state index is 13.9. The lowest BCUT2D eigenvalue weighted by Crippen LogP contribution is -2.63. The first-order valence-electron chi connectivity index (χ1n) is 13.6. The van der Waals surface area contributed by atoms with Gasteiger partial charge in [0.15, 0.2) is 23.0 Å². The quantitative estimate of drug-likeness (QED) is 0.361. The van der Waals surface area contributed by atoms with E-state index in [9.17, 15) is 39.6 Å². The van der Waals surface area contributed by atoms with E-state index in [2.05, 4.69) is 0 Å². The van der Waals surface area contributed by atoms with E-state index in [1.54, 1.807) is 25.1 Å². The Kier molecular flexibility index (Phi) is 7.42. The van der Waals surface area contributed by atoms with Crippen molar-refractivity contribution < 1.29 is 44.3 Å². The Morgan fingerprint density at radius 3 is 2.31 bits per heavy atom. The van der Waals surface area contributed by atoms with Gasteiger partial charge in [-0.15, -0.1) is 0 Å². The fraction of sp³-hybridized carbons (Fsp3) is 0.375. The standard InChI is InChI=1S/C32H33NO9/c1-15(34)24-29(38)27(33(2)3)22-13-18-12-21-20(17-7-5-16(6-8-17)11-19(35)14-42-4)9-10-23(36)26(21)28(37)25(18)31(40)32(22,41)30(24)39/h5-10,18,22,27,36,38,40-41H,11-14H2,1-4H3. The number of hydrogen-bond acceptors (Lipinski definition) is 10. The zero-order valence-electron chi connectivity index (χ0n) is 23.8. The molecule has 4 N–H and O–H groups in total. The number of likely N-dealkylation sites (N-methyl/N-ethyl adjacent to an activating group) is 1. The lowest BCUT2D eigenvalue weighted by Gasteiger charge is -2.50. The molecule has 2 aromatic carbocycles. The summed E-state index contributed by atoms with van der Waals surface area (Å²) in [6.45, 7) is 1.10. The van der Waals surface area contributed by atoms with E-state index in [1.165, 1.54) is 13.2 Å². The van der Waals surface area contributed by atoms with Gasteiger partial charge in [-0.05, 0) is 68.1 Å².